The number of benzene rings is 4. The third-order valence-corrected chi connectivity index (χ3v) is 14.1. The SMILES string of the molecule is [2H]C([2H])([2H])c1cc(-c2cccc3c2oc2nc4c(nc23)C(C)(C)CCC4(C)C)ncc1C([2H])([2H])C([2H])([2H])c1cc(CC(C)(C)c2ccc(-c3ccccc3)nc2)cc(CC(C)(C)c2ccc(-c3ccccc3)nc2)c1. The Morgan fingerprint density at radius 3 is 1.66 bits per heavy atom. The van der Waals surface area contributed by atoms with E-state index in [9.17, 15) is 5.48 Å². The van der Waals surface area contributed by atoms with Gasteiger partial charge in [0.05, 0.1) is 28.5 Å². The predicted molar refractivity (Wildman–Crippen MR) is 279 cm³/mol. The van der Waals surface area contributed by atoms with Crippen LogP contribution in [0.2, 0.25) is 0 Å². The highest BCUT2D eigenvalue weighted by Gasteiger charge is 2.40. The van der Waals surface area contributed by atoms with Crippen LogP contribution in [0.25, 0.3) is 56.0 Å². The van der Waals surface area contributed by atoms with Gasteiger partial charge in [-0.3, -0.25) is 15.0 Å². The van der Waals surface area contributed by atoms with E-state index in [4.69, 9.17) is 33.4 Å². The Balaban J connectivity index is 1.04. The lowest BCUT2D eigenvalue weighted by Crippen LogP contribution is -2.35. The molecule has 0 radical (unpaired) electrons. The molecule has 10 rings (SSSR count). The molecule has 0 N–H and O–H groups in total. The molecule has 0 bridgehead atoms. The third kappa shape index (κ3) is 8.89. The lowest BCUT2D eigenvalue weighted by Gasteiger charge is -2.39. The van der Waals surface area contributed by atoms with Crippen molar-refractivity contribution in [2.45, 2.75) is 122 Å². The molecule has 0 unspecified atom stereocenters. The Labute approximate surface area is 412 Å². The zero-order valence-corrected chi connectivity index (χ0v) is 40.3. The van der Waals surface area contributed by atoms with Crippen LogP contribution in [0.1, 0.15) is 128 Å². The van der Waals surface area contributed by atoms with E-state index in [-0.39, 0.29) is 33.2 Å². The van der Waals surface area contributed by atoms with Crippen molar-refractivity contribution in [1.82, 2.24) is 24.9 Å². The maximum Gasteiger partial charge on any atom is 0.246 e. The van der Waals surface area contributed by atoms with Crippen LogP contribution in [0.5, 0.6) is 0 Å². The van der Waals surface area contributed by atoms with Crippen molar-refractivity contribution in [1.29, 1.82) is 0 Å². The smallest absolute Gasteiger partial charge is 0.246 e. The van der Waals surface area contributed by atoms with Gasteiger partial charge in [0.2, 0.25) is 5.71 Å². The van der Waals surface area contributed by atoms with Crippen LogP contribution in [0.4, 0.5) is 0 Å². The van der Waals surface area contributed by atoms with Crippen LogP contribution in [-0.4, -0.2) is 24.9 Å². The molecule has 0 saturated heterocycles. The van der Waals surface area contributed by atoms with E-state index in [2.05, 4.69) is 73.6 Å². The first-order chi connectivity index (χ1) is 35.2. The van der Waals surface area contributed by atoms with Gasteiger partial charge in [0.15, 0.2) is 0 Å². The molecule has 5 heterocycles. The van der Waals surface area contributed by atoms with Gasteiger partial charge >= 0.3 is 0 Å². The fourth-order valence-corrected chi connectivity index (χ4v) is 9.86. The van der Waals surface area contributed by atoms with Crippen molar-refractivity contribution >= 4 is 22.2 Å². The second-order valence-electron chi connectivity index (χ2n) is 21.2. The second kappa shape index (κ2) is 17.4. The molecular weight excluding hydrogens is 831 g/mol. The Morgan fingerprint density at radius 1 is 0.574 bits per heavy atom. The van der Waals surface area contributed by atoms with Gasteiger partial charge in [-0.25, -0.2) is 9.97 Å². The molecule has 4 aromatic carbocycles. The van der Waals surface area contributed by atoms with Crippen LogP contribution >= 0.6 is 0 Å². The average Bonchev–Trinajstić information content (AvgIpc) is 3.76. The van der Waals surface area contributed by atoms with Crippen molar-refractivity contribution in [3.63, 3.8) is 0 Å². The third-order valence-electron chi connectivity index (χ3n) is 14.1. The Kier molecular flexibility index (Phi) is 9.51. The molecule has 9 aromatic rings. The van der Waals surface area contributed by atoms with Crippen molar-refractivity contribution in [3.05, 3.63) is 196 Å². The van der Waals surface area contributed by atoms with Gasteiger partial charge < -0.3 is 4.42 Å². The van der Waals surface area contributed by atoms with Crippen LogP contribution < -0.4 is 0 Å². The fraction of sp³-hybridized carbons (Fsp3) is 0.306. The molecule has 0 amide bonds. The maximum absolute atomic E-state index is 9.85. The quantitative estimate of drug-likeness (QED) is 0.122. The van der Waals surface area contributed by atoms with Gasteiger partial charge in [-0.2, -0.15) is 0 Å². The monoisotopic (exact) mass is 901 g/mol. The summed E-state index contributed by atoms with van der Waals surface area (Å²) < 4.78 is 72.1. The summed E-state index contributed by atoms with van der Waals surface area (Å²) in [5.74, 6) is 0. The summed E-state index contributed by atoms with van der Waals surface area (Å²) in [5, 5.41) is 0.702. The van der Waals surface area contributed by atoms with Crippen LogP contribution in [0.3, 0.4) is 0 Å². The van der Waals surface area contributed by atoms with Crippen molar-refractivity contribution in [2.75, 3.05) is 0 Å². The molecule has 0 atom stereocenters. The number of pyridine rings is 3. The summed E-state index contributed by atoms with van der Waals surface area (Å²) in [6.07, 6.45) is 2.17. The first-order valence-corrected chi connectivity index (χ1v) is 23.7. The first-order valence-electron chi connectivity index (χ1n) is 27.2. The van der Waals surface area contributed by atoms with Gasteiger partial charge in [0.1, 0.15) is 11.1 Å². The fourth-order valence-electron chi connectivity index (χ4n) is 9.86. The largest absolute Gasteiger partial charge is 0.436 e. The number of para-hydroxylation sites is 1. The van der Waals surface area contributed by atoms with Crippen LogP contribution in [0, 0.1) is 6.85 Å². The van der Waals surface area contributed by atoms with Gasteiger partial charge in [-0.1, -0.05) is 152 Å². The number of furan rings is 1. The van der Waals surface area contributed by atoms with E-state index in [1.165, 1.54) is 12.3 Å². The van der Waals surface area contributed by atoms with E-state index in [0.29, 0.717) is 40.6 Å². The molecule has 6 nitrogen and oxygen atoms in total. The zero-order valence-electron chi connectivity index (χ0n) is 47.3. The number of rotatable bonds is 12. The van der Waals surface area contributed by atoms with Gasteiger partial charge in [-0.15, -0.1) is 0 Å². The first kappa shape index (κ1) is 37.2. The Bertz CT molecular complexity index is 3470. The minimum Gasteiger partial charge on any atom is -0.436 e. The van der Waals surface area contributed by atoms with Gasteiger partial charge in [0.25, 0.3) is 0 Å². The van der Waals surface area contributed by atoms with E-state index >= 15 is 0 Å². The van der Waals surface area contributed by atoms with Crippen LogP contribution in [-0.2, 0) is 47.2 Å². The Hall–Kier alpha value is -6.79. The summed E-state index contributed by atoms with van der Waals surface area (Å²) in [6.45, 7) is 14.4. The normalized spacial score (nSPS) is 16.7. The van der Waals surface area contributed by atoms with E-state index in [1.54, 1.807) is 18.2 Å². The molecule has 5 aromatic heterocycles. The summed E-state index contributed by atoms with van der Waals surface area (Å²) in [7, 11) is 0. The highest BCUT2D eigenvalue weighted by molar-refractivity contribution is 6.06. The summed E-state index contributed by atoms with van der Waals surface area (Å²) in [5.41, 5.74) is 9.31. The van der Waals surface area contributed by atoms with Crippen molar-refractivity contribution < 1.29 is 14.0 Å². The number of fused-ring (bicyclic) bond motifs is 4. The molecule has 0 spiro atoms. The highest BCUT2D eigenvalue weighted by Crippen LogP contribution is 2.46. The van der Waals surface area contributed by atoms with E-state index in [0.717, 1.165) is 69.0 Å². The number of hydrogen-bond acceptors (Lipinski definition) is 6. The molecule has 1 aliphatic carbocycles. The number of aromatic nitrogens is 5. The van der Waals surface area contributed by atoms with Gasteiger partial charge in [-0.05, 0) is 125 Å². The maximum atomic E-state index is 9.85. The molecule has 342 valence electrons. The predicted octanol–water partition coefficient (Wildman–Crippen LogP) is 15.0. The highest BCUT2D eigenvalue weighted by atomic mass is 16.3. The lowest BCUT2D eigenvalue weighted by atomic mass is 9.67. The lowest BCUT2D eigenvalue weighted by molar-refractivity contribution is 0.315. The van der Waals surface area contributed by atoms with Crippen molar-refractivity contribution in [2.24, 2.45) is 0 Å². The molecular formula is C62H63N5O. The summed E-state index contributed by atoms with van der Waals surface area (Å²) >= 11 is 0. The topological polar surface area (TPSA) is 77.6 Å². The van der Waals surface area contributed by atoms with Crippen LogP contribution in [0.15, 0.2) is 150 Å². The minimum atomic E-state index is -2.89. The summed E-state index contributed by atoms with van der Waals surface area (Å²) in [6, 6.07) is 40.6. The number of hydrogen-bond donors (Lipinski definition) is 0. The second-order valence-corrected chi connectivity index (χ2v) is 21.2. The number of nitrogens with zero attached hydrogens (tertiary/aromatic N) is 5. The number of aryl methyl sites for hydroxylation is 3. The molecule has 6 heteroatoms. The van der Waals surface area contributed by atoms with E-state index in [1.807, 2.05) is 97.3 Å². The molecule has 0 fully saturated rings. The average molecular weight is 901 g/mol. The summed E-state index contributed by atoms with van der Waals surface area (Å²) in [4.78, 5) is 24.6. The zero-order chi connectivity index (χ0) is 53.5. The van der Waals surface area contributed by atoms with Gasteiger partial charge in [0, 0.05) is 61.1 Å². The molecule has 68 heavy (non-hydrogen) atoms. The minimum absolute atomic E-state index is 0.0864. The molecule has 1 aliphatic rings. The Morgan fingerprint density at radius 2 is 1.12 bits per heavy atom. The molecule has 0 saturated carbocycles. The van der Waals surface area contributed by atoms with E-state index < -0.39 is 30.4 Å². The standard InChI is InChI=1S/C62H63N5O/c1-40-31-53(49-21-16-22-50-54-58(68-55(49)50)67-57-56(66-54)59(2,3)29-30-60(57,4)5)63-37-46(40)24-23-41-32-42(35-61(6,7)47-25-27-51(64-38-47)44-17-12-10-13-18-44)34-43(33-41)36-62(8,9)48-26-28-52(65-39-48)45-19-14-11-15-20-45/h10-22,25-28,31-34,37-39H,23-24,29-30,35-36H2,1-9H3/i1D3,23D2,24D2. The van der Waals surface area contributed by atoms with Crippen molar-refractivity contribution in [3.8, 4) is 33.8 Å². The molecule has 0 aliphatic heterocycles.